The molecule has 0 bridgehead atoms. The molecule has 0 aliphatic carbocycles. The van der Waals surface area contributed by atoms with Crippen LogP contribution in [0.25, 0.3) is 10.9 Å². The summed E-state index contributed by atoms with van der Waals surface area (Å²) >= 11 is 3.41. The van der Waals surface area contributed by atoms with Crippen molar-refractivity contribution in [2.24, 2.45) is 0 Å². The first kappa shape index (κ1) is 18.3. The zero-order valence-corrected chi connectivity index (χ0v) is 15.3. The molecule has 136 valence electrons. The quantitative estimate of drug-likeness (QED) is 0.665. The standard InChI is InChI=1S/C16H13BrF3N5O/c1-8(9-5-21-15(22-6-9)16(18,19)20)25-14-11-3-10(17)4-12(26-2)13(11)23-7-24-14/h3-8H,1-2H3,(H,23,24,25)/t8-/m1/s1. The summed E-state index contributed by atoms with van der Waals surface area (Å²) in [4.78, 5) is 15.2. The van der Waals surface area contributed by atoms with Gasteiger partial charge in [0.1, 0.15) is 23.4 Å². The van der Waals surface area contributed by atoms with Crippen molar-refractivity contribution >= 4 is 32.7 Å². The maximum atomic E-state index is 12.6. The topological polar surface area (TPSA) is 72.8 Å². The van der Waals surface area contributed by atoms with E-state index in [9.17, 15) is 13.2 Å². The number of ether oxygens (including phenoxy) is 1. The van der Waals surface area contributed by atoms with Crippen molar-refractivity contribution < 1.29 is 17.9 Å². The number of hydrogen-bond donors (Lipinski definition) is 1. The second-order valence-electron chi connectivity index (χ2n) is 5.43. The lowest BCUT2D eigenvalue weighted by Crippen LogP contribution is -2.14. The van der Waals surface area contributed by atoms with E-state index in [2.05, 4.69) is 41.2 Å². The van der Waals surface area contributed by atoms with Gasteiger partial charge in [-0.2, -0.15) is 13.2 Å². The molecule has 0 spiro atoms. The van der Waals surface area contributed by atoms with E-state index >= 15 is 0 Å². The Hall–Kier alpha value is -2.49. The van der Waals surface area contributed by atoms with E-state index in [0.717, 1.165) is 16.9 Å². The lowest BCUT2D eigenvalue weighted by molar-refractivity contribution is -0.145. The van der Waals surface area contributed by atoms with Crippen LogP contribution < -0.4 is 10.1 Å². The minimum Gasteiger partial charge on any atom is -0.494 e. The normalized spacial score (nSPS) is 12.8. The maximum Gasteiger partial charge on any atom is 0.451 e. The van der Waals surface area contributed by atoms with E-state index in [0.29, 0.717) is 28.0 Å². The summed E-state index contributed by atoms with van der Waals surface area (Å²) in [7, 11) is 1.54. The van der Waals surface area contributed by atoms with Gasteiger partial charge in [0, 0.05) is 27.8 Å². The Morgan fingerprint density at radius 3 is 2.42 bits per heavy atom. The monoisotopic (exact) mass is 427 g/mol. The van der Waals surface area contributed by atoms with Crippen LogP contribution in [-0.4, -0.2) is 27.0 Å². The summed E-state index contributed by atoms with van der Waals surface area (Å²) in [6.07, 6.45) is -0.890. The molecule has 0 aliphatic rings. The number of methoxy groups -OCH3 is 1. The van der Waals surface area contributed by atoms with Gasteiger partial charge in [0.25, 0.3) is 0 Å². The van der Waals surface area contributed by atoms with Gasteiger partial charge in [-0.15, -0.1) is 0 Å². The predicted octanol–water partition coefficient (Wildman–Crippen LogP) is 4.38. The molecule has 0 radical (unpaired) electrons. The summed E-state index contributed by atoms with van der Waals surface area (Å²) in [6.45, 7) is 1.77. The average Bonchev–Trinajstić information content (AvgIpc) is 2.61. The molecule has 1 atom stereocenters. The van der Waals surface area contributed by atoms with Gasteiger partial charge >= 0.3 is 6.18 Å². The van der Waals surface area contributed by atoms with Crippen molar-refractivity contribution in [1.29, 1.82) is 0 Å². The highest BCUT2D eigenvalue weighted by molar-refractivity contribution is 9.10. The lowest BCUT2D eigenvalue weighted by Gasteiger charge is -2.17. The Bertz CT molecular complexity index is 934. The summed E-state index contributed by atoms with van der Waals surface area (Å²) < 4.78 is 43.8. The van der Waals surface area contributed by atoms with Crippen LogP contribution in [0.2, 0.25) is 0 Å². The lowest BCUT2D eigenvalue weighted by atomic mass is 10.1. The third kappa shape index (κ3) is 3.69. The SMILES string of the molecule is COc1cc(Br)cc2c(N[C@H](C)c3cnc(C(F)(F)F)nc3)ncnc12. The Kier molecular flexibility index (Phi) is 4.94. The van der Waals surface area contributed by atoms with Crippen LogP contribution in [0.1, 0.15) is 24.4 Å². The number of aromatic nitrogens is 4. The molecule has 2 aromatic heterocycles. The van der Waals surface area contributed by atoms with Gasteiger partial charge in [-0.1, -0.05) is 15.9 Å². The van der Waals surface area contributed by atoms with Crippen molar-refractivity contribution in [3.8, 4) is 5.75 Å². The van der Waals surface area contributed by atoms with E-state index in [1.807, 2.05) is 6.07 Å². The second-order valence-corrected chi connectivity index (χ2v) is 6.35. The third-order valence-corrected chi connectivity index (χ3v) is 4.12. The highest BCUT2D eigenvalue weighted by Crippen LogP contribution is 2.33. The molecular weight excluding hydrogens is 415 g/mol. The van der Waals surface area contributed by atoms with Crippen LogP contribution >= 0.6 is 15.9 Å². The van der Waals surface area contributed by atoms with Crippen LogP contribution in [0.3, 0.4) is 0 Å². The number of nitrogens with zero attached hydrogens (tertiary/aromatic N) is 4. The fraction of sp³-hybridized carbons (Fsp3) is 0.250. The van der Waals surface area contributed by atoms with Crippen LogP contribution in [0.4, 0.5) is 19.0 Å². The van der Waals surface area contributed by atoms with Crippen molar-refractivity contribution in [3.05, 3.63) is 46.7 Å². The average molecular weight is 428 g/mol. The fourth-order valence-electron chi connectivity index (χ4n) is 2.37. The molecule has 3 aromatic rings. The van der Waals surface area contributed by atoms with Crippen molar-refractivity contribution in [2.75, 3.05) is 12.4 Å². The molecule has 1 aromatic carbocycles. The Labute approximate surface area is 155 Å². The molecule has 0 unspecified atom stereocenters. The molecule has 26 heavy (non-hydrogen) atoms. The van der Waals surface area contributed by atoms with E-state index < -0.39 is 12.0 Å². The molecule has 2 heterocycles. The smallest absolute Gasteiger partial charge is 0.451 e. The highest BCUT2D eigenvalue weighted by Gasteiger charge is 2.34. The number of nitrogens with one attached hydrogen (secondary N) is 1. The van der Waals surface area contributed by atoms with Crippen LogP contribution in [0.5, 0.6) is 5.75 Å². The van der Waals surface area contributed by atoms with Crippen LogP contribution in [-0.2, 0) is 6.18 Å². The van der Waals surface area contributed by atoms with Crippen molar-refractivity contribution in [3.63, 3.8) is 0 Å². The van der Waals surface area contributed by atoms with Gasteiger partial charge in [0.2, 0.25) is 5.82 Å². The van der Waals surface area contributed by atoms with Crippen LogP contribution in [0, 0.1) is 0 Å². The molecule has 0 saturated carbocycles. The minimum atomic E-state index is -4.57. The number of benzene rings is 1. The van der Waals surface area contributed by atoms with E-state index in [1.165, 1.54) is 6.33 Å². The van der Waals surface area contributed by atoms with Crippen molar-refractivity contribution in [1.82, 2.24) is 19.9 Å². The highest BCUT2D eigenvalue weighted by atomic mass is 79.9. The number of halogens is 4. The molecular formula is C16H13BrF3N5O. The molecule has 10 heteroatoms. The number of hydrogen-bond acceptors (Lipinski definition) is 6. The molecule has 0 amide bonds. The number of anilines is 1. The summed E-state index contributed by atoms with van der Waals surface area (Å²) in [6, 6.07) is 3.24. The van der Waals surface area contributed by atoms with E-state index in [4.69, 9.17) is 4.74 Å². The van der Waals surface area contributed by atoms with Crippen molar-refractivity contribution in [2.45, 2.75) is 19.1 Å². The van der Waals surface area contributed by atoms with Gasteiger partial charge in [0.15, 0.2) is 0 Å². The molecule has 3 rings (SSSR count). The summed E-state index contributed by atoms with van der Waals surface area (Å²) in [5.74, 6) is -0.0815. The first-order chi connectivity index (χ1) is 12.3. The molecule has 0 fully saturated rings. The Balaban J connectivity index is 1.92. The van der Waals surface area contributed by atoms with Gasteiger partial charge in [-0.3, -0.25) is 0 Å². The fourth-order valence-corrected chi connectivity index (χ4v) is 2.81. The van der Waals surface area contributed by atoms with Gasteiger partial charge in [0.05, 0.1) is 13.2 Å². The van der Waals surface area contributed by atoms with E-state index in [1.54, 1.807) is 20.1 Å². The predicted molar refractivity (Wildman–Crippen MR) is 92.9 cm³/mol. The summed E-state index contributed by atoms with van der Waals surface area (Å²) in [5.41, 5.74) is 1.11. The molecule has 6 nitrogen and oxygen atoms in total. The minimum absolute atomic E-state index is 0.375. The molecule has 0 saturated heterocycles. The third-order valence-electron chi connectivity index (χ3n) is 3.67. The van der Waals surface area contributed by atoms with E-state index in [-0.39, 0.29) is 6.04 Å². The Morgan fingerprint density at radius 2 is 1.81 bits per heavy atom. The largest absolute Gasteiger partial charge is 0.494 e. The molecule has 1 N–H and O–H groups in total. The second kappa shape index (κ2) is 7.02. The van der Waals surface area contributed by atoms with Gasteiger partial charge in [-0.25, -0.2) is 19.9 Å². The number of rotatable bonds is 4. The van der Waals surface area contributed by atoms with Crippen LogP contribution in [0.15, 0.2) is 35.3 Å². The number of alkyl halides is 3. The first-order valence-electron chi connectivity index (χ1n) is 7.43. The number of fused-ring (bicyclic) bond motifs is 1. The Morgan fingerprint density at radius 1 is 1.12 bits per heavy atom. The van der Waals surface area contributed by atoms with Gasteiger partial charge < -0.3 is 10.1 Å². The first-order valence-corrected chi connectivity index (χ1v) is 8.23. The zero-order valence-electron chi connectivity index (χ0n) is 13.7. The molecule has 0 aliphatic heterocycles. The van der Waals surface area contributed by atoms with Gasteiger partial charge in [-0.05, 0) is 19.1 Å². The zero-order chi connectivity index (χ0) is 18.9. The maximum absolute atomic E-state index is 12.6. The summed E-state index contributed by atoms with van der Waals surface area (Å²) in [5, 5.41) is 3.86.